The Bertz CT molecular complexity index is 1380. The third-order valence-corrected chi connectivity index (χ3v) is 9.55. The molecule has 17 heteroatoms. The number of amides is 5. The number of anilines is 1. The van der Waals surface area contributed by atoms with E-state index in [4.69, 9.17) is 42.6 Å². The molecule has 0 radical (unpaired) electrons. The molecule has 0 spiro atoms. The van der Waals surface area contributed by atoms with Crippen LogP contribution in [0.1, 0.15) is 105 Å². The predicted octanol–water partition coefficient (Wildman–Crippen LogP) is 4.10. The van der Waals surface area contributed by atoms with Crippen LogP contribution in [0.25, 0.3) is 0 Å². The van der Waals surface area contributed by atoms with Crippen LogP contribution in [0, 0.1) is 0 Å². The van der Waals surface area contributed by atoms with Gasteiger partial charge in [0.25, 0.3) is 11.8 Å². The van der Waals surface area contributed by atoms with Crippen molar-refractivity contribution < 1.29 is 66.6 Å². The molecular weight excluding hydrogens is 782 g/mol. The molecule has 2 heterocycles. The van der Waals surface area contributed by atoms with Crippen LogP contribution in [0.5, 0.6) is 0 Å². The predicted molar refractivity (Wildman–Crippen MR) is 221 cm³/mol. The first-order chi connectivity index (χ1) is 29.4. The number of fused-ring (bicyclic) bond motifs is 1. The number of imide groups is 2. The molecule has 1 fully saturated rings. The molecule has 1 atom stereocenters. The fraction of sp³-hybridized carbons (Fsp3) is 0.744. The minimum Gasteiger partial charge on any atom is -0.379 e. The Morgan fingerprint density at radius 3 is 1.48 bits per heavy atom. The quantitative estimate of drug-likeness (QED) is 0.0710. The summed E-state index contributed by atoms with van der Waals surface area (Å²) in [6.07, 6.45) is 10.1. The van der Waals surface area contributed by atoms with E-state index in [2.05, 4.69) is 17.6 Å². The molecule has 0 bridgehead atoms. The number of carbonyl (C=O) groups is 5. The number of ether oxygens (including phenoxy) is 9. The maximum atomic E-state index is 13.2. The number of benzene rings is 1. The van der Waals surface area contributed by atoms with Gasteiger partial charge in [0.2, 0.25) is 17.7 Å². The van der Waals surface area contributed by atoms with Gasteiger partial charge in [-0.25, -0.2) is 0 Å². The van der Waals surface area contributed by atoms with Gasteiger partial charge in [-0.15, -0.1) is 0 Å². The molecule has 2 N–H and O–H groups in total. The first kappa shape index (κ1) is 51.0. The summed E-state index contributed by atoms with van der Waals surface area (Å²) in [5.74, 6) is -2.71. The third kappa shape index (κ3) is 21.4. The Labute approximate surface area is 355 Å². The number of hydrogen-bond acceptors (Lipinski definition) is 14. The maximum Gasteiger partial charge on any atom is 0.264 e. The molecule has 1 saturated heterocycles. The summed E-state index contributed by atoms with van der Waals surface area (Å²) in [6, 6.07) is 3.54. The molecule has 2 aliphatic heterocycles. The van der Waals surface area contributed by atoms with Gasteiger partial charge in [-0.3, -0.25) is 34.2 Å². The van der Waals surface area contributed by atoms with Gasteiger partial charge in [0.1, 0.15) is 6.04 Å². The SMILES string of the molecule is CCCCCCCCOCCOCCOCCOCCOCCOCCOCCOCCOCCCCCC(=O)Nc1cccc2c1C(=O)N(C1CCC(=O)NC1=O)C2=O. The van der Waals surface area contributed by atoms with Crippen molar-refractivity contribution in [2.45, 2.75) is 90.0 Å². The minimum absolute atomic E-state index is 0.0299. The van der Waals surface area contributed by atoms with Crippen LogP contribution in [-0.2, 0) is 57.0 Å². The van der Waals surface area contributed by atoms with Crippen LogP contribution in [0.4, 0.5) is 5.69 Å². The number of piperidine rings is 1. The molecular formula is C43H69N3O14. The summed E-state index contributed by atoms with van der Waals surface area (Å²) in [5, 5.41) is 4.91. The van der Waals surface area contributed by atoms with E-state index in [-0.39, 0.29) is 42.0 Å². The fourth-order valence-corrected chi connectivity index (χ4v) is 6.34. The van der Waals surface area contributed by atoms with Gasteiger partial charge < -0.3 is 47.9 Å². The average molecular weight is 852 g/mol. The average Bonchev–Trinajstić information content (AvgIpc) is 3.49. The molecule has 2 aliphatic rings. The van der Waals surface area contributed by atoms with E-state index in [0.29, 0.717) is 119 Å². The summed E-state index contributed by atoms with van der Waals surface area (Å²) in [5.41, 5.74) is 0.389. The zero-order valence-corrected chi connectivity index (χ0v) is 35.7. The van der Waals surface area contributed by atoms with Gasteiger partial charge >= 0.3 is 0 Å². The van der Waals surface area contributed by atoms with Crippen molar-refractivity contribution in [1.82, 2.24) is 10.2 Å². The van der Waals surface area contributed by atoms with Crippen molar-refractivity contribution in [1.29, 1.82) is 0 Å². The van der Waals surface area contributed by atoms with Crippen molar-refractivity contribution in [2.24, 2.45) is 0 Å². The Hall–Kier alpha value is -3.39. The Morgan fingerprint density at radius 1 is 0.583 bits per heavy atom. The molecule has 5 amide bonds. The van der Waals surface area contributed by atoms with E-state index in [1.807, 2.05) is 0 Å². The number of unbranched alkanes of at least 4 members (excludes halogenated alkanes) is 7. The summed E-state index contributed by atoms with van der Waals surface area (Å²) in [6.45, 7) is 11.6. The van der Waals surface area contributed by atoms with Gasteiger partial charge in [-0.2, -0.15) is 0 Å². The zero-order chi connectivity index (χ0) is 42.9. The minimum atomic E-state index is -1.07. The lowest BCUT2D eigenvalue weighted by Gasteiger charge is -2.27. The Kier molecular flexibility index (Phi) is 28.3. The summed E-state index contributed by atoms with van der Waals surface area (Å²) >= 11 is 0. The highest BCUT2D eigenvalue weighted by Crippen LogP contribution is 2.32. The first-order valence-corrected chi connectivity index (χ1v) is 21.8. The van der Waals surface area contributed by atoms with Crippen LogP contribution in [0.2, 0.25) is 0 Å². The van der Waals surface area contributed by atoms with Crippen LogP contribution in [0.15, 0.2) is 18.2 Å². The first-order valence-electron chi connectivity index (χ1n) is 21.8. The van der Waals surface area contributed by atoms with E-state index in [0.717, 1.165) is 30.8 Å². The van der Waals surface area contributed by atoms with Crippen LogP contribution in [-0.4, -0.2) is 159 Å². The van der Waals surface area contributed by atoms with Crippen LogP contribution >= 0.6 is 0 Å². The van der Waals surface area contributed by atoms with E-state index in [9.17, 15) is 24.0 Å². The maximum absolute atomic E-state index is 13.2. The summed E-state index contributed by atoms with van der Waals surface area (Å²) in [7, 11) is 0. The van der Waals surface area contributed by atoms with Gasteiger partial charge in [-0.1, -0.05) is 51.5 Å². The lowest BCUT2D eigenvalue weighted by molar-refractivity contribution is -0.136. The van der Waals surface area contributed by atoms with E-state index >= 15 is 0 Å². The Morgan fingerprint density at radius 2 is 1.02 bits per heavy atom. The van der Waals surface area contributed by atoms with Gasteiger partial charge in [-0.05, 0) is 37.8 Å². The van der Waals surface area contributed by atoms with Crippen molar-refractivity contribution in [3.05, 3.63) is 29.3 Å². The highest BCUT2D eigenvalue weighted by molar-refractivity contribution is 6.26. The number of carbonyl (C=O) groups excluding carboxylic acids is 5. The second-order valence-corrected chi connectivity index (χ2v) is 14.3. The Balaban J connectivity index is 1.00. The van der Waals surface area contributed by atoms with Crippen LogP contribution in [0.3, 0.4) is 0 Å². The lowest BCUT2D eigenvalue weighted by atomic mass is 10.0. The third-order valence-electron chi connectivity index (χ3n) is 9.55. The molecule has 0 aliphatic carbocycles. The van der Waals surface area contributed by atoms with Crippen molar-refractivity contribution in [2.75, 3.05) is 124 Å². The van der Waals surface area contributed by atoms with E-state index < -0.39 is 29.7 Å². The second kappa shape index (κ2) is 33.3. The highest BCUT2D eigenvalue weighted by atomic mass is 16.6. The van der Waals surface area contributed by atoms with Crippen LogP contribution < -0.4 is 10.6 Å². The molecule has 0 saturated carbocycles. The highest BCUT2D eigenvalue weighted by Gasteiger charge is 2.45. The van der Waals surface area contributed by atoms with Gasteiger partial charge in [0.15, 0.2) is 0 Å². The summed E-state index contributed by atoms with van der Waals surface area (Å²) in [4.78, 5) is 63.6. The zero-order valence-electron chi connectivity index (χ0n) is 35.7. The monoisotopic (exact) mass is 851 g/mol. The normalized spacial score (nSPS) is 15.2. The molecule has 1 aromatic carbocycles. The lowest BCUT2D eigenvalue weighted by Crippen LogP contribution is -2.54. The van der Waals surface area contributed by atoms with Crippen molar-refractivity contribution in [3.63, 3.8) is 0 Å². The molecule has 3 rings (SSSR count). The molecule has 340 valence electrons. The second-order valence-electron chi connectivity index (χ2n) is 14.3. The smallest absolute Gasteiger partial charge is 0.264 e. The molecule has 60 heavy (non-hydrogen) atoms. The van der Waals surface area contributed by atoms with E-state index in [1.54, 1.807) is 12.1 Å². The van der Waals surface area contributed by atoms with E-state index in [1.165, 1.54) is 38.2 Å². The van der Waals surface area contributed by atoms with Gasteiger partial charge in [0, 0.05) is 26.1 Å². The molecule has 0 aromatic heterocycles. The number of nitrogens with zero attached hydrogens (tertiary/aromatic N) is 1. The largest absolute Gasteiger partial charge is 0.379 e. The number of rotatable bonds is 39. The molecule has 1 unspecified atom stereocenters. The van der Waals surface area contributed by atoms with Crippen molar-refractivity contribution >= 4 is 35.2 Å². The van der Waals surface area contributed by atoms with Crippen molar-refractivity contribution in [3.8, 4) is 0 Å². The topological polar surface area (TPSA) is 196 Å². The fourth-order valence-electron chi connectivity index (χ4n) is 6.34. The standard InChI is InChI=1S/C43H69N3O14/c1-2-3-4-5-6-9-17-52-19-21-54-23-25-56-27-29-58-31-33-60-34-32-59-30-28-57-26-24-55-22-20-53-18-10-7-8-14-38(47)44-36-13-11-12-35-40(36)43(51)46(42(35)50)37-15-16-39(48)45-41(37)49/h11-13,37H,2-10,14-34H2,1H3,(H,44,47)(H,45,48,49). The molecule has 17 nitrogen and oxygen atoms in total. The molecule has 1 aromatic rings. The van der Waals surface area contributed by atoms with Gasteiger partial charge in [0.05, 0.1) is 123 Å². The summed E-state index contributed by atoms with van der Waals surface area (Å²) < 4.78 is 49.8. The number of hydrogen-bond donors (Lipinski definition) is 2. The number of nitrogens with one attached hydrogen (secondary N) is 2.